The Hall–Kier alpha value is -2.70. The number of nitrogens with two attached hydrogens (primary N) is 1. The third-order valence-corrected chi connectivity index (χ3v) is 4.60. The number of halogens is 1. The fraction of sp³-hybridized carbons (Fsp3) is 0.0476. The van der Waals surface area contributed by atoms with Gasteiger partial charge in [0.15, 0.2) is 5.11 Å². The van der Waals surface area contributed by atoms with Crippen molar-refractivity contribution < 1.29 is 5.11 Å². The predicted molar refractivity (Wildman–Crippen MR) is 119 cm³/mol. The molecule has 0 fully saturated rings. The van der Waals surface area contributed by atoms with Crippen LogP contribution in [0.4, 0.5) is 11.4 Å². The lowest BCUT2D eigenvalue weighted by Gasteiger charge is -2.08. The number of phenolic OH excluding ortho intramolecular Hbond substituents is 1. The van der Waals surface area contributed by atoms with Gasteiger partial charge in [0.25, 0.3) is 0 Å². The Labute approximate surface area is 171 Å². The first-order valence-electron chi connectivity index (χ1n) is 8.27. The Bertz CT molecular complexity index is 973. The number of phenols is 1. The molecule has 0 aliphatic carbocycles. The van der Waals surface area contributed by atoms with Crippen molar-refractivity contribution in [1.29, 1.82) is 0 Å². The van der Waals surface area contributed by atoms with Gasteiger partial charge in [0.1, 0.15) is 5.75 Å². The van der Waals surface area contributed by atoms with Crippen LogP contribution in [-0.2, 0) is 6.42 Å². The number of aliphatic imine (C=N–C) groups is 1. The van der Waals surface area contributed by atoms with Gasteiger partial charge in [-0.3, -0.25) is 4.99 Å². The molecule has 0 saturated carbocycles. The highest BCUT2D eigenvalue weighted by atomic mass is 79.9. The van der Waals surface area contributed by atoms with E-state index in [0.29, 0.717) is 10.0 Å². The number of aromatic hydroxyl groups is 1. The fourth-order valence-electron chi connectivity index (χ4n) is 2.63. The van der Waals surface area contributed by atoms with Crippen LogP contribution in [0.1, 0.15) is 16.7 Å². The summed E-state index contributed by atoms with van der Waals surface area (Å²) < 4.78 is 0.647. The van der Waals surface area contributed by atoms with E-state index < -0.39 is 0 Å². The molecule has 0 saturated heterocycles. The molecule has 0 aromatic heterocycles. The van der Waals surface area contributed by atoms with Crippen molar-refractivity contribution >= 4 is 50.8 Å². The topological polar surface area (TPSA) is 70.6 Å². The Morgan fingerprint density at radius 3 is 2.44 bits per heavy atom. The van der Waals surface area contributed by atoms with Gasteiger partial charge >= 0.3 is 0 Å². The minimum atomic E-state index is 0.169. The quantitative estimate of drug-likeness (QED) is 0.379. The number of hydrogen-bond acceptors (Lipinski definition) is 3. The summed E-state index contributed by atoms with van der Waals surface area (Å²) in [5.74, 6) is 0.169. The van der Waals surface area contributed by atoms with Crippen molar-refractivity contribution in [1.82, 2.24) is 0 Å². The van der Waals surface area contributed by atoms with Gasteiger partial charge in [-0.2, -0.15) is 0 Å². The number of anilines is 1. The van der Waals surface area contributed by atoms with E-state index in [9.17, 15) is 5.11 Å². The molecule has 136 valence electrons. The molecule has 0 aliphatic rings. The zero-order valence-corrected chi connectivity index (χ0v) is 16.8. The number of thiocarbonyl (C=S) groups is 1. The van der Waals surface area contributed by atoms with Crippen molar-refractivity contribution in [3.8, 4) is 5.75 Å². The zero-order valence-electron chi connectivity index (χ0n) is 14.4. The molecule has 0 amide bonds. The Morgan fingerprint density at radius 2 is 1.78 bits per heavy atom. The second-order valence-corrected chi connectivity index (χ2v) is 7.27. The van der Waals surface area contributed by atoms with Gasteiger partial charge in [-0.15, -0.1) is 0 Å². The van der Waals surface area contributed by atoms with E-state index in [2.05, 4.69) is 38.4 Å². The summed E-state index contributed by atoms with van der Waals surface area (Å²) in [7, 11) is 0. The lowest BCUT2D eigenvalue weighted by molar-refractivity contribution is 0.471. The first-order valence-corrected chi connectivity index (χ1v) is 9.47. The molecular formula is C21H18BrN3OS. The number of hydrogen-bond donors (Lipinski definition) is 3. The summed E-state index contributed by atoms with van der Waals surface area (Å²) in [6.07, 6.45) is 2.44. The Morgan fingerprint density at radius 1 is 1.07 bits per heavy atom. The van der Waals surface area contributed by atoms with E-state index in [1.165, 1.54) is 5.56 Å². The highest BCUT2D eigenvalue weighted by Gasteiger charge is 2.07. The molecule has 4 N–H and O–H groups in total. The third kappa shape index (κ3) is 5.39. The lowest BCUT2D eigenvalue weighted by Crippen LogP contribution is -2.18. The number of nitrogens with zero attached hydrogens (tertiary/aromatic N) is 1. The van der Waals surface area contributed by atoms with E-state index in [-0.39, 0.29) is 10.9 Å². The maximum atomic E-state index is 10.3. The highest BCUT2D eigenvalue weighted by Crippen LogP contribution is 2.30. The molecule has 0 unspecified atom stereocenters. The molecule has 4 nitrogen and oxygen atoms in total. The van der Waals surface area contributed by atoms with E-state index in [0.717, 1.165) is 23.4 Å². The molecule has 0 heterocycles. The lowest BCUT2D eigenvalue weighted by atomic mass is 10.0. The van der Waals surface area contributed by atoms with Crippen LogP contribution in [-0.4, -0.2) is 16.4 Å². The van der Waals surface area contributed by atoms with Gasteiger partial charge in [-0.1, -0.05) is 30.3 Å². The number of benzene rings is 3. The molecule has 6 heteroatoms. The normalized spacial score (nSPS) is 10.9. The van der Waals surface area contributed by atoms with Gasteiger partial charge in [0.05, 0.1) is 10.2 Å². The van der Waals surface area contributed by atoms with Gasteiger partial charge in [-0.25, -0.2) is 0 Å². The molecule has 0 radical (unpaired) electrons. The maximum absolute atomic E-state index is 10.3. The molecule has 27 heavy (non-hydrogen) atoms. The SMILES string of the molecule is NC(=S)Nc1ccc(N=Cc2cc(Cc3ccccc3)cc(Br)c2O)cc1. The van der Waals surface area contributed by atoms with Gasteiger partial charge in [-0.05, 0) is 82.1 Å². The van der Waals surface area contributed by atoms with E-state index in [1.54, 1.807) is 6.21 Å². The minimum absolute atomic E-state index is 0.169. The highest BCUT2D eigenvalue weighted by molar-refractivity contribution is 9.10. The number of nitrogens with one attached hydrogen (secondary N) is 1. The van der Waals surface area contributed by atoms with Crippen LogP contribution in [0.2, 0.25) is 0 Å². The summed E-state index contributed by atoms with van der Waals surface area (Å²) in [6, 6.07) is 21.4. The molecule has 0 bridgehead atoms. The number of rotatable bonds is 5. The van der Waals surface area contributed by atoms with Crippen LogP contribution in [0.3, 0.4) is 0 Å². The molecule has 3 aromatic rings. The second kappa shape index (κ2) is 8.79. The average molecular weight is 440 g/mol. The second-order valence-electron chi connectivity index (χ2n) is 5.97. The smallest absolute Gasteiger partial charge is 0.168 e. The molecule has 3 rings (SSSR count). The summed E-state index contributed by atoms with van der Waals surface area (Å²) in [5.41, 5.74) is 9.96. The van der Waals surface area contributed by atoms with Crippen LogP contribution in [0.15, 0.2) is 76.2 Å². The summed E-state index contributed by atoms with van der Waals surface area (Å²) in [4.78, 5) is 4.45. The summed E-state index contributed by atoms with van der Waals surface area (Å²) in [5, 5.41) is 13.4. The van der Waals surface area contributed by atoms with Crippen LogP contribution >= 0.6 is 28.1 Å². The molecule has 0 atom stereocenters. The van der Waals surface area contributed by atoms with Crippen molar-refractivity contribution in [2.24, 2.45) is 10.7 Å². The van der Waals surface area contributed by atoms with Gasteiger partial charge in [0, 0.05) is 17.5 Å². The molecule has 0 aliphatic heterocycles. The van der Waals surface area contributed by atoms with Crippen molar-refractivity contribution in [2.45, 2.75) is 6.42 Å². The largest absolute Gasteiger partial charge is 0.506 e. The van der Waals surface area contributed by atoms with E-state index in [4.69, 9.17) is 18.0 Å². The van der Waals surface area contributed by atoms with Crippen molar-refractivity contribution in [3.63, 3.8) is 0 Å². The zero-order chi connectivity index (χ0) is 19.2. The minimum Gasteiger partial charge on any atom is -0.506 e. The molecule has 0 spiro atoms. The van der Waals surface area contributed by atoms with Crippen LogP contribution in [0.5, 0.6) is 5.75 Å². The van der Waals surface area contributed by atoms with E-state index >= 15 is 0 Å². The first kappa shape index (κ1) is 19.1. The molecule has 3 aromatic carbocycles. The van der Waals surface area contributed by atoms with Crippen molar-refractivity contribution in [2.75, 3.05) is 5.32 Å². The van der Waals surface area contributed by atoms with Crippen LogP contribution < -0.4 is 11.1 Å². The molecular weight excluding hydrogens is 422 g/mol. The van der Waals surface area contributed by atoms with Gasteiger partial charge in [0.2, 0.25) is 0 Å². The summed E-state index contributed by atoms with van der Waals surface area (Å²) in [6.45, 7) is 0. The maximum Gasteiger partial charge on any atom is 0.168 e. The third-order valence-electron chi connectivity index (χ3n) is 3.89. The summed E-state index contributed by atoms with van der Waals surface area (Å²) >= 11 is 8.24. The standard InChI is InChI=1S/C21H18BrN3OS/c22-19-12-15(10-14-4-2-1-3-5-14)11-16(20(19)26)13-24-17-6-8-18(9-7-17)25-21(23)27/h1-9,11-13,26H,10H2,(H3,23,25,27). The van der Waals surface area contributed by atoms with Crippen LogP contribution in [0.25, 0.3) is 0 Å². The van der Waals surface area contributed by atoms with Crippen molar-refractivity contribution in [3.05, 3.63) is 87.9 Å². The monoisotopic (exact) mass is 439 g/mol. The predicted octanol–water partition coefficient (Wildman–Crippen LogP) is 5.15. The fourth-order valence-corrected chi connectivity index (χ4v) is 3.27. The van der Waals surface area contributed by atoms with E-state index in [1.807, 2.05) is 54.6 Å². The van der Waals surface area contributed by atoms with Gasteiger partial charge < -0.3 is 16.2 Å². The average Bonchev–Trinajstić information content (AvgIpc) is 2.65. The first-order chi connectivity index (χ1) is 13.0. The van der Waals surface area contributed by atoms with Crippen LogP contribution in [0, 0.1) is 0 Å². The Balaban J connectivity index is 1.81. The Kier molecular flexibility index (Phi) is 6.21.